The number of rotatable bonds is 3. The molecule has 0 atom stereocenters. The fourth-order valence-electron chi connectivity index (χ4n) is 2.23. The van der Waals surface area contributed by atoms with Gasteiger partial charge in [0.05, 0.1) is 23.6 Å². The molecule has 0 radical (unpaired) electrons. The van der Waals surface area contributed by atoms with Gasteiger partial charge in [-0.05, 0) is 48.0 Å². The van der Waals surface area contributed by atoms with Crippen LogP contribution in [0.5, 0.6) is 0 Å². The zero-order valence-corrected chi connectivity index (χ0v) is 13.8. The summed E-state index contributed by atoms with van der Waals surface area (Å²) in [5, 5.41) is 8.08. The van der Waals surface area contributed by atoms with Gasteiger partial charge in [-0.15, -0.1) is 0 Å². The van der Waals surface area contributed by atoms with Crippen LogP contribution in [0.1, 0.15) is 30.2 Å². The van der Waals surface area contributed by atoms with Crippen molar-refractivity contribution in [3.8, 4) is 0 Å². The van der Waals surface area contributed by atoms with Crippen LogP contribution in [0.25, 0.3) is 11.0 Å². The molecule has 0 aliphatic heterocycles. The van der Waals surface area contributed by atoms with Crippen LogP contribution >= 0.6 is 15.9 Å². The second-order valence-corrected chi connectivity index (χ2v) is 6.11. The molecule has 22 heavy (non-hydrogen) atoms. The van der Waals surface area contributed by atoms with E-state index < -0.39 is 0 Å². The Morgan fingerprint density at radius 3 is 2.77 bits per heavy atom. The van der Waals surface area contributed by atoms with Crippen molar-refractivity contribution in [3.05, 3.63) is 52.8 Å². The van der Waals surface area contributed by atoms with Gasteiger partial charge in [-0.25, -0.2) is 9.67 Å². The van der Waals surface area contributed by atoms with Crippen LogP contribution in [-0.4, -0.2) is 20.7 Å². The minimum Gasteiger partial charge on any atom is -0.321 e. The van der Waals surface area contributed by atoms with Crippen molar-refractivity contribution in [2.45, 2.75) is 19.9 Å². The molecule has 0 aliphatic carbocycles. The fraction of sp³-hybridized carbons (Fsp3) is 0.188. The first-order valence-electron chi connectivity index (χ1n) is 6.95. The lowest BCUT2D eigenvalue weighted by atomic mass is 10.2. The molecular formula is C16H15BrN4O. The van der Waals surface area contributed by atoms with E-state index >= 15 is 0 Å². The van der Waals surface area contributed by atoms with E-state index in [1.54, 1.807) is 18.5 Å². The molecule has 0 bridgehead atoms. The van der Waals surface area contributed by atoms with Gasteiger partial charge in [-0.1, -0.05) is 12.1 Å². The molecule has 3 aromatic rings. The molecule has 1 amide bonds. The van der Waals surface area contributed by atoms with Crippen molar-refractivity contribution < 1.29 is 4.79 Å². The molecule has 6 heteroatoms. The molecule has 2 heterocycles. The normalized spacial score (nSPS) is 11.1. The first kappa shape index (κ1) is 14.7. The molecule has 5 nitrogen and oxygen atoms in total. The maximum atomic E-state index is 12.3. The number of amides is 1. The van der Waals surface area contributed by atoms with E-state index in [4.69, 9.17) is 0 Å². The van der Waals surface area contributed by atoms with Crippen molar-refractivity contribution in [3.63, 3.8) is 0 Å². The number of anilines is 1. The highest BCUT2D eigenvalue weighted by atomic mass is 79.9. The van der Waals surface area contributed by atoms with Crippen molar-refractivity contribution in [2.24, 2.45) is 0 Å². The van der Waals surface area contributed by atoms with E-state index in [1.165, 1.54) is 0 Å². The molecule has 0 fully saturated rings. The van der Waals surface area contributed by atoms with E-state index in [-0.39, 0.29) is 11.9 Å². The Labute approximate surface area is 136 Å². The third kappa shape index (κ3) is 2.74. The lowest BCUT2D eigenvalue weighted by Gasteiger charge is -2.08. The predicted octanol–water partition coefficient (Wildman–Crippen LogP) is 4.03. The quantitative estimate of drug-likeness (QED) is 0.768. The van der Waals surface area contributed by atoms with Gasteiger partial charge in [-0.3, -0.25) is 4.79 Å². The van der Waals surface area contributed by atoms with E-state index in [0.717, 1.165) is 15.5 Å². The molecule has 1 aromatic carbocycles. The van der Waals surface area contributed by atoms with Gasteiger partial charge in [0.25, 0.3) is 5.91 Å². The van der Waals surface area contributed by atoms with Gasteiger partial charge >= 0.3 is 0 Å². The Morgan fingerprint density at radius 2 is 2.05 bits per heavy atom. The van der Waals surface area contributed by atoms with Crippen LogP contribution in [0.15, 0.2) is 47.2 Å². The van der Waals surface area contributed by atoms with Gasteiger partial charge < -0.3 is 5.32 Å². The minimum absolute atomic E-state index is 0.176. The molecule has 2 aromatic heterocycles. The van der Waals surface area contributed by atoms with Crippen LogP contribution in [0, 0.1) is 0 Å². The smallest absolute Gasteiger partial charge is 0.256 e. The number of aromatic nitrogens is 3. The van der Waals surface area contributed by atoms with E-state index in [0.29, 0.717) is 11.3 Å². The highest BCUT2D eigenvalue weighted by molar-refractivity contribution is 9.10. The van der Waals surface area contributed by atoms with Crippen molar-refractivity contribution in [1.29, 1.82) is 0 Å². The predicted molar refractivity (Wildman–Crippen MR) is 90.0 cm³/mol. The van der Waals surface area contributed by atoms with Crippen LogP contribution in [-0.2, 0) is 0 Å². The summed E-state index contributed by atoms with van der Waals surface area (Å²) in [5.41, 5.74) is 2.05. The molecule has 0 spiro atoms. The van der Waals surface area contributed by atoms with Gasteiger partial charge in [0, 0.05) is 15.9 Å². The Kier molecular flexibility index (Phi) is 3.94. The number of hydrogen-bond donors (Lipinski definition) is 1. The van der Waals surface area contributed by atoms with E-state index in [2.05, 4.69) is 45.2 Å². The lowest BCUT2D eigenvalue weighted by Crippen LogP contribution is -2.12. The topological polar surface area (TPSA) is 59.8 Å². The fourth-order valence-corrected chi connectivity index (χ4v) is 2.69. The highest BCUT2D eigenvalue weighted by Crippen LogP contribution is 2.21. The molecule has 1 N–H and O–H groups in total. The SMILES string of the molecule is CC(C)n1ncc2cc(NC(=O)c3ccccc3Br)cnc21. The maximum Gasteiger partial charge on any atom is 0.256 e. The number of fused-ring (bicyclic) bond motifs is 1. The summed E-state index contributed by atoms with van der Waals surface area (Å²) in [7, 11) is 0. The Hall–Kier alpha value is -2.21. The number of carbonyl (C=O) groups is 1. The van der Waals surface area contributed by atoms with Crippen molar-refractivity contribution >= 4 is 38.6 Å². The monoisotopic (exact) mass is 358 g/mol. The number of carbonyl (C=O) groups excluding carboxylic acids is 1. The summed E-state index contributed by atoms with van der Waals surface area (Å²) in [6, 6.07) is 9.42. The molecule has 0 saturated heterocycles. The Bertz CT molecular complexity index is 841. The number of nitrogens with one attached hydrogen (secondary N) is 1. The van der Waals surface area contributed by atoms with E-state index in [9.17, 15) is 4.79 Å². The second-order valence-electron chi connectivity index (χ2n) is 5.25. The van der Waals surface area contributed by atoms with Crippen molar-refractivity contribution in [2.75, 3.05) is 5.32 Å². The van der Waals surface area contributed by atoms with Gasteiger partial charge in [0.1, 0.15) is 0 Å². The molecule has 3 rings (SSSR count). The van der Waals surface area contributed by atoms with Crippen LogP contribution in [0.3, 0.4) is 0 Å². The minimum atomic E-state index is -0.176. The van der Waals surface area contributed by atoms with Crippen LogP contribution in [0.4, 0.5) is 5.69 Å². The Morgan fingerprint density at radius 1 is 1.27 bits per heavy atom. The van der Waals surface area contributed by atoms with Crippen molar-refractivity contribution in [1.82, 2.24) is 14.8 Å². The Balaban J connectivity index is 1.88. The summed E-state index contributed by atoms with van der Waals surface area (Å²) in [4.78, 5) is 16.7. The molecule has 0 saturated carbocycles. The van der Waals surface area contributed by atoms with Gasteiger partial charge in [0.2, 0.25) is 0 Å². The zero-order chi connectivity index (χ0) is 15.7. The highest BCUT2D eigenvalue weighted by Gasteiger charge is 2.12. The first-order chi connectivity index (χ1) is 10.6. The van der Waals surface area contributed by atoms with Gasteiger partial charge in [-0.2, -0.15) is 5.10 Å². The summed E-state index contributed by atoms with van der Waals surface area (Å²) in [5.74, 6) is -0.176. The van der Waals surface area contributed by atoms with Crippen LogP contribution < -0.4 is 5.32 Å². The van der Waals surface area contributed by atoms with E-state index in [1.807, 2.05) is 28.9 Å². The molecule has 0 aliphatic rings. The number of benzene rings is 1. The summed E-state index contributed by atoms with van der Waals surface area (Å²) < 4.78 is 2.61. The average molecular weight is 359 g/mol. The number of pyridine rings is 1. The number of nitrogens with zero attached hydrogens (tertiary/aromatic N) is 3. The second kappa shape index (κ2) is 5.88. The standard InChI is InChI=1S/C16H15BrN4O/c1-10(2)21-15-11(8-19-21)7-12(9-18-15)20-16(22)13-5-3-4-6-14(13)17/h3-10H,1-2H3,(H,20,22). The van der Waals surface area contributed by atoms with Gasteiger partial charge in [0.15, 0.2) is 5.65 Å². The summed E-state index contributed by atoms with van der Waals surface area (Å²) in [6.45, 7) is 4.10. The van der Waals surface area contributed by atoms with Crippen LogP contribution in [0.2, 0.25) is 0 Å². The lowest BCUT2D eigenvalue weighted by molar-refractivity contribution is 0.102. The zero-order valence-electron chi connectivity index (χ0n) is 12.2. The third-order valence-corrected chi connectivity index (χ3v) is 3.99. The largest absolute Gasteiger partial charge is 0.321 e. The first-order valence-corrected chi connectivity index (χ1v) is 7.74. The molecule has 0 unspecified atom stereocenters. The third-order valence-electron chi connectivity index (χ3n) is 3.30. The maximum absolute atomic E-state index is 12.3. The number of hydrogen-bond acceptors (Lipinski definition) is 3. The summed E-state index contributed by atoms with van der Waals surface area (Å²) >= 11 is 3.38. The number of halogens is 1. The average Bonchev–Trinajstić information content (AvgIpc) is 2.91. The molecular weight excluding hydrogens is 344 g/mol. The summed E-state index contributed by atoms with van der Waals surface area (Å²) in [6.07, 6.45) is 3.41. The molecule has 112 valence electrons.